The van der Waals surface area contributed by atoms with Crippen molar-refractivity contribution in [2.45, 2.75) is 40.2 Å². The minimum atomic E-state index is -0.280. The molecule has 236 valence electrons. The van der Waals surface area contributed by atoms with Gasteiger partial charge in [-0.1, -0.05) is 30.3 Å². The van der Waals surface area contributed by atoms with Gasteiger partial charge in [0, 0.05) is 24.5 Å². The van der Waals surface area contributed by atoms with E-state index in [0.29, 0.717) is 31.1 Å². The van der Waals surface area contributed by atoms with E-state index >= 15 is 0 Å². The second kappa shape index (κ2) is 13.2. The fraction of sp³-hybridized carbons (Fsp3) is 0.270. The number of rotatable bonds is 10. The Bertz CT molecular complexity index is 1920. The highest BCUT2D eigenvalue weighted by Crippen LogP contribution is 2.39. The van der Waals surface area contributed by atoms with Gasteiger partial charge in [-0.25, -0.2) is 9.99 Å². The first kappa shape index (κ1) is 31.1. The molecule has 2 heterocycles. The number of thiazole rings is 1. The summed E-state index contributed by atoms with van der Waals surface area (Å²) >= 11 is 1.67. The van der Waals surface area contributed by atoms with Crippen LogP contribution in [0.5, 0.6) is 23.0 Å². The van der Waals surface area contributed by atoms with Crippen molar-refractivity contribution in [1.82, 2.24) is 9.99 Å². The molecule has 1 aliphatic heterocycles. The maximum atomic E-state index is 12.7. The van der Waals surface area contributed by atoms with E-state index in [1.54, 1.807) is 30.6 Å². The maximum Gasteiger partial charge on any atom is 0.240 e. The molecule has 4 aromatic carbocycles. The van der Waals surface area contributed by atoms with Crippen LogP contribution in [0.3, 0.4) is 0 Å². The van der Waals surface area contributed by atoms with E-state index in [4.69, 9.17) is 29.0 Å². The number of aromatic nitrogens is 1. The number of hydrazone groups is 1. The Balaban J connectivity index is 1.16. The Morgan fingerprint density at radius 2 is 1.57 bits per heavy atom. The number of ether oxygens (including phenoxy) is 4. The van der Waals surface area contributed by atoms with Gasteiger partial charge in [-0.05, 0) is 85.5 Å². The third-order valence-electron chi connectivity index (χ3n) is 8.31. The summed E-state index contributed by atoms with van der Waals surface area (Å²) in [6.45, 7) is 8.28. The largest absolute Gasteiger partial charge is 0.496 e. The maximum absolute atomic E-state index is 12.7. The molecular formula is C37H37N3O5S. The zero-order chi connectivity index (χ0) is 32.4. The highest BCUT2D eigenvalue weighted by molar-refractivity contribution is 7.21. The third-order valence-corrected chi connectivity index (χ3v) is 9.39. The molecule has 6 rings (SSSR count). The van der Waals surface area contributed by atoms with E-state index < -0.39 is 0 Å². The van der Waals surface area contributed by atoms with Crippen molar-refractivity contribution in [3.05, 3.63) is 101 Å². The molecule has 0 fully saturated rings. The number of methoxy groups -OCH3 is 2. The van der Waals surface area contributed by atoms with E-state index in [0.717, 1.165) is 65.8 Å². The highest BCUT2D eigenvalue weighted by atomic mass is 32.1. The molecule has 1 aromatic heterocycles. The molecule has 8 nitrogen and oxygen atoms in total. The fourth-order valence-corrected chi connectivity index (χ4v) is 6.60. The van der Waals surface area contributed by atoms with Crippen LogP contribution in [-0.4, -0.2) is 49.0 Å². The van der Waals surface area contributed by atoms with Crippen molar-refractivity contribution in [2.24, 2.45) is 5.10 Å². The zero-order valence-electron chi connectivity index (χ0n) is 26.9. The number of amides is 1. The van der Waals surface area contributed by atoms with E-state index in [1.807, 2.05) is 62.4 Å². The molecule has 0 radical (unpaired) electrons. The molecule has 0 saturated carbocycles. The van der Waals surface area contributed by atoms with Crippen LogP contribution in [0.2, 0.25) is 0 Å². The highest BCUT2D eigenvalue weighted by Gasteiger charge is 2.32. The number of nitrogens with zero attached hydrogens (tertiary/aromatic N) is 3. The molecule has 1 amide bonds. The van der Waals surface area contributed by atoms with Crippen LogP contribution in [-0.2, 0) is 4.79 Å². The summed E-state index contributed by atoms with van der Waals surface area (Å²) in [5, 5.41) is 7.25. The lowest BCUT2D eigenvalue weighted by molar-refractivity contribution is -0.130. The number of hydrogen-bond donors (Lipinski definition) is 0. The van der Waals surface area contributed by atoms with E-state index in [1.165, 1.54) is 6.92 Å². The summed E-state index contributed by atoms with van der Waals surface area (Å²) in [5.41, 5.74) is 7.91. The van der Waals surface area contributed by atoms with E-state index in [2.05, 4.69) is 31.2 Å². The minimum Gasteiger partial charge on any atom is -0.496 e. The number of carbonyl (C=O) groups is 1. The van der Waals surface area contributed by atoms with Crippen LogP contribution in [0.15, 0.2) is 77.9 Å². The molecule has 1 atom stereocenters. The second-order valence-corrected chi connectivity index (χ2v) is 12.4. The molecule has 0 bridgehead atoms. The van der Waals surface area contributed by atoms with Gasteiger partial charge in [-0.3, -0.25) is 4.79 Å². The summed E-state index contributed by atoms with van der Waals surface area (Å²) in [4.78, 5) is 17.5. The van der Waals surface area contributed by atoms with E-state index in [9.17, 15) is 4.79 Å². The topological polar surface area (TPSA) is 82.5 Å². The first-order valence-electron chi connectivity index (χ1n) is 15.2. The van der Waals surface area contributed by atoms with Gasteiger partial charge in [0.15, 0.2) is 11.5 Å². The van der Waals surface area contributed by atoms with Gasteiger partial charge >= 0.3 is 0 Å². The molecule has 0 spiro atoms. The quantitative estimate of drug-likeness (QED) is 0.144. The van der Waals surface area contributed by atoms with Crippen molar-refractivity contribution in [3.8, 4) is 33.6 Å². The number of para-hydroxylation sites is 1. The van der Waals surface area contributed by atoms with Gasteiger partial charge in [-0.2, -0.15) is 5.10 Å². The van der Waals surface area contributed by atoms with Gasteiger partial charge in [0.05, 0.1) is 36.2 Å². The van der Waals surface area contributed by atoms with Gasteiger partial charge in [0.2, 0.25) is 5.91 Å². The molecule has 9 heteroatoms. The Kier molecular flexibility index (Phi) is 8.94. The first-order chi connectivity index (χ1) is 22.2. The number of carbonyl (C=O) groups excluding carboxylic acids is 1. The van der Waals surface area contributed by atoms with Crippen LogP contribution in [0.4, 0.5) is 0 Å². The van der Waals surface area contributed by atoms with Gasteiger partial charge in [-0.15, -0.1) is 11.3 Å². The molecule has 0 saturated heterocycles. The molecular weight excluding hydrogens is 598 g/mol. The SMILES string of the molecule is COc1ccc(C2CC(c3cc(C)c(C)c(OC)c3)=NN2C(C)=O)cc1OCCOc1cc(-c2nc3ccccc3s2)ccc1C. The average Bonchev–Trinajstić information content (AvgIpc) is 3.71. The summed E-state index contributed by atoms with van der Waals surface area (Å²) in [6, 6.07) is 23.9. The lowest BCUT2D eigenvalue weighted by atomic mass is 9.95. The molecule has 0 aliphatic carbocycles. The van der Waals surface area contributed by atoms with Gasteiger partial charge in [0.25, 0.3) is 0 Å². The zero-order valence-corrected chi connectivity index (χ0v) is 27.7. The van der Waals surface area contributed by atoms with Gasteiger partial charge < -0.3 is 18.9 Å². The lowest BCUT2D eigenvalue weighted by Gasteiger charge is -2.22. The number of aryl methyl sites for hydroxylation is 2. The van der Waals surface area contributed by atoms with Crippen LogP contribution < -0.4 is 18.9 Å². The van der Waals surface area contributed by atoms with Crippen molar-refractivity contribution < 1.29 is 23.7 Å². The van der Waals surface area contributed by atoms with Crippen LogP contribution in [0, 0.1) is 20.8 Å². The normalized spacial score (nSPS) is 14.3. The van der Waals surface area contributed by atoms with Crippen molar-refractivity contribution >= 4 is 33.2 Å². The molecule has 5 aromatic rings. The van der Waals surface area contributed by atoms with Gasteiger partial charge in [0.1, 0.15) is 29.7 Å². The minimum absolute atomic E-state index is 0.133. The van der Waals surface area contributed by atoms with Crippen LogP contribution in [0.1, 0.15) is 47.2 Å². The monoisotopic (exact) mass is 635 g/mol. The predicted molar refractivity (Wildman–Crippen MR) is 183 cm³/mol. The number of benzene rings is 4. The third kappa shape index (κ3) is 6.28. The summed E-state index contributed by atoms with van der Waals surface area (Å²) < 4.78 is 24.7. The number of fused-ring (bicyclic) bond motifs is 1. The van der Waals surface area contributed by atoms with Crippen LogP contribution in [0.25, 0.3) is 20.8 Å². The van der Waals surface area contributed by atoms with Crippen molar-refractivity contribution in [2.75, 3.05) is 27.4 Å². The smallest absolute Gasteiger partial charge is 0.240 e. The molecule has 1 aliphatic rings. The average molecular weight is 636 g/mol. The summed E-state index contributed by atoms with van der Waals surface area (Å²) in [7, 11) is 3.28. The Hall–Kier alpha value is -4.89. The Morgan fingerprint density at radius 3 is 2.30 bits per heavy atom. The fourth-order valence-electron chi connectivity index (χ4n) is 5.64. The standard InChI is InChI=1S/C37H37N3O5S/c1-22-11-12-27(37-38-29-9-7-8-10-36(29)46-37)19-33(22)44-15-16-45-35-18-26(13-14-32(35)42-5)31-21-30(39-40(31)25(4)41)28-17-23(2)24(3)34(20-28)43-6/h7-14,17-20,31H,15-16,21H2,1-6H3. The Labute approximate surface area is 273 Å². The Morgan fingerprint density at radius 1 is 0.826 bits per heavy atom. The second-order valence-electron chi connectivity index (χ2n) is 11.3. The van der Waals surface area contributed by atoms with Crippen LogP contribution >= 0.6 is 11.3 Å². The molecule has 46 heavy (non-hydrogen) atoms. The summed E-state index contributed by atoms with van der Waals surface area (Å²) in [6.07, 6.45) is 0.560. The first-order valence-corrected chi connectivity index (χ1v) is 16.0. The molecule has 1 unspecified atom stereocenters. The predicted octanol–water partition coefficient (Wildman–Crippen LogP) is 8.06. The lowest BCUT2D eigenvalue weighted by Crippen LogP contribution is -2.24. The van der Waals surface area contributed by atoms with Crippen molar-refractivity contribution in [1.29, 1.82) is 0 Å². The van der Waals surface area contributed by atoms with E-state index in [-0.39, 0.29) is 11.9 Å². The molecule has 0 N–H and O–H groups in total. The summed E-state index contributed by atoms with van der Waals surface area (Å²) in [5.74, 6) is 2.64. The van der Waals surface area contributed by atoms with Crippen molar-refractivity contribution in [3.63, 3.8) is 0 Å². The number of hydrogen-bond acceptors (Lipinski definition) is 8.